The number of benzene rings is 1. The lowest BCUT2D eigenvalue weighted by Gasteiger charge is -2.28. The first kappa shape index (κ1) is 18.0. The predicted octanol–water partition coefficient (Wildman–Crippen LogP) is 1.42. The van der Waals surface area contributed by atoms with E-state index in [4.69, 9.17) is 10.5 Å². The molecule has 1 rings (SSSR count). The molecule has 0 aliphatic rings. The SMILES string of the molecule is CN(C)c1ccc(CC(N)(C(=O)O)C(=O)OC(C)(C)C)cc1. The van der Waals surface area contributed by atoms with Crippen LogP contribution in [0.5, 0.6) is 0 Å². The molecule has 0 fully saturated rings. The Morgan fingerprint density at radius 3 is 2.05 bits per heavy atom. The van der Waals surface area contributed by atoms with Crippen molar-refractivity contribution < 1.29 is 19.4 Å². The van der Waals surface area contributed by atoms with Gasteiger partial charge in [-0.15, -0.1) is 0 Å². The second-order valence-corrected chi connectivity index (χ2v) is 6.52. The standard InChI is InChI=1S/C16H24N2O4/c1-15(2,3)22-14(21)16(17,13(19)20)10-11-6-8-12(9-7-11)18(4)5/h6-9H,10,17H2,1-5H3,(H,19,20). The topological polar surface area (TPSA) is 92.9 Å². The van der Waals surface area contributed by atoms with Gasteiger partial charge >= 0.3 is 11.9 Å². The Bertz CT molecular complexity index is 546. The highest BCUT2D eigenvalue weighted by Gasteiger charge is 2.45. The number of carbonyl (C=O) groups is 2. The minimum atomic E-state index is -2.10. The maximum absolute atomic E-state index is 12.2. The summed E-state index contributed by atoms with van der Waals surface area (Å²) >= 11 is 0. The van der Waals surface area contributed by atoms with Crippen LogP contribution in [0.15, 0.2) is 24.3 Å². The Morgan fingerprint density at radius 1 is 1.18 bits per heavy atom. The maximum Gasteiger partial charge on any atom is 0.338 e. The Labute approximate surface area is 130 Å². The third-order valence-electron chi connectivity index (χ3n) is 3.08. The van der Waals surface area contributed by atoms with Crippen molar-refractivity contribution >= 4 is 17.6 Å². The van der Waals surface area contributed by atoms with Gasteiger partial charge in [0.1, 0.15) is 5.60 Å². The number of hydrogen-bond acceptors (Lipinski definition) is 5. The van der Waals surface area contributed by atoms with Gasteiger partial charge < -0.3 is 20.5 Å². The normalized spacial score (nSPS) is 14.1. The minimum absolute atomic E-state index is 0.134. The number of carboxylic acid groups (broad SMARTS) is 1. The second-order valence-electron chi connectivity index (χ2n) is 6.52. The second kappa shape index (κ2) is 6.36. The third-order valence-corrected chi connectivity index (χ3v) is 3.08. The first-order chi connectivity index (χ1) is 9.95. The van der Waals surface area contributed by atoms with Crippen molar-refractivity contribution in [1.29, 1.82) is 0 Å². The molecule has 0 aromatic heterocycles. The van der Waals surface area contributed by atoms with Gasteiger partial charge in [0.25, 0.3) is 0 Å². The van der Waals surface area contributed by atoms with Crippen LogP contribution in [0.1, 0.15) is 26.3 Å². The summed E-state index contributed by atoms with van der Waals surface area (Å²) in [7, 11) is 3.81. The van der Waals surface area contributed by atoms with E-state index < -0.39 is 23.1 Å². The van der Waals surface area contributed by atoms with Gasteiger partial charge in [0.05, 0.1) is 0 Å². The molecule has 6 heteroatoms. The lowest BCUT2D eigenvalue weighted by atomic mass is 9.91. The van der Waals surface area contributed by atoms with Crippen LogP contribution < -0.4 is 10.6 Å². The molecule has 1 atom stereocenters. The number of carbonyl (C=O) groups excluding carboxylic acids is 1. The van der Waals surface area contributed by atoms with Crippen molar-refractivity contribution in [2.45, 2.75) is 38.3 Å². The van der Waals surface area contributed by atoms with Gasteiger partial charge in [0, 0.05) is 26.2 Å². The highest BCUT2D eigenvalue weighted by Crippen LogP contribution is 2.20. The zero-order chi connectivity index (χ0) is 17.1. The Hall–Kier alpha value is -2.08. The zero-order valence-electron chi connectivity index (χ0n) is 13.7. The minimum Gasteiger partial charge on any atom is -0.479 e. The van der Waals surface area contributed by atoms with Crippen LogP contribution in [0.3, 0.4) is 0 Å². The van der Waals surface area contributed by atoms with Gasteiger partial charge in [-0.1, -0.05) is 12.1 Å². The molecule has 3 N–H and O–H groups in total. The molecule has 0 heterocycles. The van der Waals surface area contributed by atoms with E-state index in [1.807, 2.05) is 31.1 Å². The number of aliphatic carboxylic acids is 1. The van der Waals surface area contributed by atoms with E-state index in [1.54, 1.807) is 32.9 Å². The van der Waals surface area contributed by atoms with Gasteiger partial charge in [-0.3, -0.25) is 0 Å². The number of nitrogens with zero attached hydrogens (tertiary/aromatic N) is 1. The summed E-state index contributed by atoms with van der Waals surface area (Å²) in [6.45, 7) is 5.00. The summed E-state index contributed by atoms with van der Waals surface area (Å²) in [4.78, 5) is 25.6. The Balaban J connectivity index is 3.01. The van der Waals surface area contributed by atoms with E-state index in [-0.39, 0.29) is 6.42 Å². The number of nitrogens with two attached hydrogens (primary N) is 1. The van der Waals surface area contributed by atoms with Crippen LogP contribution in [-0.4, -0.2) is 42.3 Å². The average molecular weight is 308 g/mol. The van der Waals surface area contributed by atoms with E-state index in [1.165, 1.54) is 0 Å². The van der Waals surface area contributed by atoms with Crippen LogP contribution in [0.4, 0.5) is 5.69 Å². The summed E-state index contributed by atoms with van der Waals surface area (Å²) in [6, 6.07) is 7.19. The van der Waals surface area contributed by atoms with E-state index in [0.29, 0.717) is 5.56 Å². The molecule has 22 heavy (non-hydrogen) atoms. The van der Waals surface area contributed by atoms with Gasteiger partial charge in [-0.2, -0.15) is 0 Å². The van der Waals surface area contributed by atoms with Crippen LogP contribution in [0.25, 0.3) is 0 Å². The number of carboxylic acids is 1. The van der Waals surface area contributed by atoms with Crippen molar-refractivity contribution in [3.63, 3.8) is 0 Å². The van der Waals surface area contributed by atoms with Crippen molar-refractivity contribution in [3.05, 3.63) is 29.8 Å². The summed E-state index contributed by atoms with van der Waals surface area (Å²) in [5, 5.41) is 9.37. The fraction of sp³-hybridized carbons (Fsp3) is 0.500. The summed E-state index contributed by atoms with van der Waals surface area (Å²) < 4.78 is 5.15. The molecule has 0 bridgehead atoms. The molecule has 122 valence electrons. The van der Waals surface area contributed by atoms with Crippen LogP contribution in [0.2, 0.25) is 0 Å². The molecule has 6 nitrogen and oxygen atoms in total. The van der Waals surface area contributed by atoms with Crippen LogP contribution >= 0.6 is 0 Å². The smallest absolute Gasteiger partial charge is 0.338 e. The van der Waals surface area contributed by atoms with Crippen molar-refractivity contribution in [3.8, 4) is 0 Å². The monoisotopic (exact) mass is 308 g/mol. The summed E-state index contributed by atoms with van der Waals surface area (Å²) in [5.74, 6) is -2.34. The lowest BCUT2D eigenvalue weighted by Crippen LogP contribution is -2.58. The van der Waals surface area contributed by atoms with E-state index in [2.05, 4.69) is 0 Å². The molecule has 1 aromatic carbocycles. The Morgan fingerprint density at radius 2 is 1.68 bits per heavy atom. The number of hydrogen-bond donors (Lipinski definition) is 2. The molecule has 0 saturated carbocycles. The predicted molar refractivity (Wildman–Crippen MR) is 84.9 cm³/mol. The van der Waals surface area contributed by atoms with Crippen LogP contribution in [-0.2, 0) is 20.7 Å². The van der Waals surface area contributed by atoms with Crippen molar-refractivity contribution in [2.24, 2.45) is 5.73 Å². The maximum atomic E-state index is 12.2. The van der Waals surface area contributed by atoms with E-state index in [9.17, 15) is 14.7 Å². The number of esters is 1. The van der Waals surface area contributed by atoms with Crippen molar-refractivity contribution in [1.82, 2.24) is 0 Å². The van der Waals surface area contributed by atoms with Crippen LogP contribution in [0, 0.1) is 0 Å². The summed E-state index contributed by atoms with van der Waals surface area (Å²) in [5.41, 5.74) is 4.56. The molecule has 1 aromatic rings. The number of rotatable bonds is 5. The molecule has 0 radical (unpaired) electrons. The summed E-state index contributed by atoms with van der Waals surface area (Å²) in [6.07, 6.45) is -0.134. The van der Waals surface area contributed by atoms with Gasteiger partial charge in [0.15, 0.2) is 0 Å². The van der Waals surface area contributed by atoms with E-state index in [0.717, 1.165) is 5.69 Å². The first-order valence-corrected chi connectivity index (χ1v) is 6.98. The number of ether oxygens (including phenoxy) is 1. The quantitative estimate of drug-likeness (QED) is 0.631. The van der Waals surface area contributed by atoms with Gasteiger partial charge in [0.2, 0.25) is 5.54 Å². The Kier molecular flexibility index (Phi) is 5.19. The van der Waals surface area contributed by atoms with Gasteiger partial charge in [-0.05, 0) is 38.5 Å². The molecule has 0 aliphatic heterocycles. The molecule has 0 spiro atoms. The van der Waals surface area contributed by atoms with E-state index >= 15 is 0 Å². The molecule has 0 amide bonds. The first-order valence-electron chi connectivity index (χ1n) is 6.98. The molecule has 1 unspecified atom stereocenters. The van der Waals surface area contributed by atoms with Crippen molar-refractivity contribution in [2.75, 3.05) is 19.0 Å². The highest BCUT2D eigenvalue weighted by molar-refractivity contribution is 6.04. The largest absolute Gasteiger partial charge is 0.479 e. The molecule has 0 aliphatic carbocycles. The fourth-order valence-corrected chi connectivity index (χ4v) is 1.84. The highest BCUT2D eigenvalue weighted by atomic mass is 16.6. The zero-order valence-corrected chi connectivity index (χ0v) is 13.7. The molecule has 0 saturated heterocycles. The average Bonchev–Trinajstić information content (AvgIpc) is 2.36. The third kappa shape index (κ3) is 4.46. The molecular weight excluding hydrogens is 284 g/mol. The fourth-order valence-electron chi connectivity index (χ4n) is 1.84. The lowest BCUT2D eigenvalue weighted by molar-refractivity contribution is -0.169. The van der Waals surface area contributed by atoms with Gasteiger partial charge in [-0.25, -0.2) is 9.59 Å². The number of anilines is 1. The molecular formula is C16H24N2O4.